The van der Waals surface area contributed by atoms with Gasteiger partial charge in [0.15, 0.2) is 0 Å². The summed E-state index contributed by atoms with van der Waals surface area (Å²) in [6, 6.07) is 11.3. The number of primary amides is 1. The predicted octanol–water partition coefficient (Wildman–Crippen LogP) is 3.25. The molecule has 2 nitrogen and oxygen atoms in total. The molecule has 2 N–H and O–H groups in total. The lowest BCUT2D eigenvalue weighted by Gasteiger charge is -2.05. The van der Waals surface area contributed by atoms with Crippen molar-refractivity contribution in [3.05, 3.63) is 58.9 Å². The minimum atomic E-state index is -0.786. The number of rotatable bonds is 2. The average molecular weight is 250 g/mol. The lowest BCUT2D eigenvalue weighted by molar-refractivity contribution is 0.0996. The van der Waals surface area contributed by atoms with E-state index >= 15 is 0 Å². The van der Waals surface area contributed by atoms with Crippen molar-refractivity contribution >= 4 is 17.5 Å². The van der Waals surface area contributed by atoms with Gasteiger partial charge in [0.2, 0.25) is 0 Å². The summed E-state index contributed by atoms with van der Waals surface area (Å²) in [6.07, 6.45) is 0. The van der Waals surface area contributed by atoms with Crippen molar-refractivity contribution in [3.8, 4) is 11.1 Å². The minimum absolute atomic E-state index is 0.123. The van der Waals surface area contributed by atoms with Gasteiger partial charge in [-0.1, -0.05) is 29.8 Å². The smallest absolute Gasteiger partial charge is 0.251 e. The Kier molecular flexibility index (Phi) is 3.11. The number of carbonyl (C=O) groups is 1. The Morgan fingerprint density at radius 2 is 1.82 bits per heavy atom. The van der Waals surface area contributed by atoms with E-state index in [0.29, 0.717) is 10.6 Å². The molecule has 0 bridgehead atoms. The summed E-state index contributed by atoms with van der Waals surface area (Å²) in [7, 11) is 0. The SMILES string of the molecule is NC(=O)c1cc(-c2cccc(Cl)c2)ccc1F. The number of nitrogens with two attached hydrogens (primary N) is 1. The van der Waals surface area contributed by atoms with Gasteiger partial charge in [-0.25, -0.2) is 4.39 Å². The first-order valence-corrected chi connectivity index (χ1v) is 5.31. The highest BCUT2D eigenvalue weighted by molar-refractivity contribution is 6.30. The lowest BCUT2D eigenvalue weighted by atomic mass is 10.0. The van der Waals surface area contributed by atoms with Gasteiger partial charge in [0.25, 0.3) is 5.91 Å². The molecule has 0 saturated heterocycles. The summed E-state index contributed by atoms with van der Waals surface area (Å²) in [5.74, 6) is -1.41. The molecule has 0 radical (unpaired) electrons. The fourth-order valence-corrected chi connectivity index (χ4v) is 1.75. The maximum absolute atomic E-state index is 13.3. The number of carbonyl (C=O) groups excluding carboxylic acids is 1. The Bertz CT molecular complexity index is 583. The molecule has 0 spiro atoms. The maximum Gasteiger partial charge on any atom is 0.251 e. The second-order valence-electron chi connectivity index (χ2n) is 3.57. The summed E-state index contributed by atoms with van der Waals surface area (Å²) < 4.78 is 13.3. The van der Waals surface area contributed by atoms with Gasteiger partial charge in [-0.05, 0) is 35.4 Å². The Balaban J connectivity index is 2.54. The zero-order chi connectivity index (χ0) is 12.4. The van der Waals surface area contributed by atoms with Crippen LogP contribution in [0.3, 0.4) is 0 Å². The van der Waals surface area contributed by atoms with Crippen LogP contribution in [-0.4, -0.2) is 5.91 Å². The van der Waals surface area contributed by atoms with Crippen LogP contribution in [0, 0.1) is 5.82 Å². The predicted molar refractivity (Wildman–Crippen MR) is 65.4 cm³/mol. The summed E-state index contributed by atoms with van der Waals surface area (Å²) in [5, 5.41) is 0.576. The van der Waals surface area contributed by atoms with E-state index in [0.717, 1.165) is 5.56 Å². The molecule has 2 aromatic carbocycles. The van der Waals surface area contributed by atoms with Crippen LogP contribution >= 0.6 is 11.6 Å². The molecule has 2 aromatic rings. The van der Waals surface area contributed by atoms with Crippen LogP contribution < -0.4 is 5.73 Å². The van der Waals surface area contributed by atoms with Gasteiger partial charge in [-0.15, -0.1) is 0 Å². The van der Waals surface area contributed by atoms with Crippen molar-refractivity contribution in [1.82, 2.24) is 0 Å². The number of hydrogen-bond donors (Lipinski definition) is 1. The molecule has 0 aromatic heterocycles. The number of benzene rings is 2. The van der Waals surface area contributed by atoms with E-state index in [4.69, 9.17) is 17.3 Å². The normalized spacial score (nSPS) is 10.2. The van der Waals surface area contributed by atoms with E-state index in [2.05, 4.69) is 0 Å². The van der Waals surface area contributed by atoms with Crippen LogP contribution in [0.5, 0.6) is 0 Å². The van der Waals surface area contributed by atoms with Crippen molar-refractivity contribution in [2.75, 3.05) is 0 Å². The molecule has 0 aliphatic heterocycles. The highest BCUT2D eigenvalue weighted by Gasteiger charge is 2.09. The third-order valence-corrected chi connectivity index (χ3v) is 2.62. The molecule has 0 heterocycles. The quantitative estimate of drug-likeness (QED) is 0.872. The third kappa shape index (κ3) is 2.45. The van der Waals surface area contributed by atoms with E-state index in [1.165, 1.54) is 12.1 Å². The zero-order valence-electron chi connectivity index (χ0n) is 8.78. The van der Waals surface area contributed by atoms with E-state index in [9.17, 15) is 9.18 Å². The van der Waals surface area contributed by atoms with E-state index in [1.54, 1.807) is 24.3 Å². The molecule has 0 aliphatic carbocycles. The molecule has 0 fully saturated rings. The van der Waals surface area contributed by atoms with Crippen molar-refractivity contribution in [1.29, 1.82) is 0 Å². The van der Waals surface area contributed by atoms with Crippen molar-refractivity contribution in [2.24, 2.45) is 5.73 Å². The Morgan fingerprint density at radius 1 is 1.12 bits per heavy atom. The second-order valence-corrected chi connectivity index (χ2v) is 4.01. The lowest BCUT2D eigenvalue weighted by Crippen LogP contribution is -2.13. The molecule has 0 aliphatic rings. The van der Waals surface area contributed by atoms with E-state index < -0.39 is 11.7 Å². The van der Waals surface area contributed by atoms with Crippen LogP contribution in [0.1, 0.15) is 10.4 Å². The van der Waals surface area contributed by atoms with Gasteiger partial charge >= 0.3 is 0 Å². The van der Waals surface area contributed by atoms with Gasteiger partial charge in [-0.3, -0.25) is 4.79 Å². The van der Waals surface area contributed by atoms with Crippen molar-refractivity contribution < 1.29 is 9.18 Å². The van der Waals surface area contributed by atoms with Crippen LogP contribution in [0.15, 0.2) is 42.5 Å². The number of amides is 1. The van der Waals surface area contributed by atoms with Gasteiger partial charge in [0, 0.05) is 5.02 Å². The van der Waals surface area contributed by atoms with Crippen LogP contribution in [0.4, 0.5) is 4.39 Å². The topological polar surface area (TPSA) is 43.1 Å². The second kappa shape index (κ2) is 4.55. The maximum atomic E-state index is 13.3. The van der Waals surface area contributed by atoms with Crippen molar-refractivity contribution in [3.63, 3.8) is 0 Å². The highest BCUT2D eigenvalue weighted by Crippen LogP contribution is 2.24. The molecule has 86 valence electrons. The molecule has 0 unspecified atom stereocenters. The summed E-state index contributed by atoms with van der Waals surface area (Å²) in [5.41, 5.74) is 6.47. The molecule has 1 amide bonds. The van der Waals surface area contributed by atoms with E-state index in [1.807, 2.05) is 6.07 Å². The summed E-state index contributed by atoms with van der Waals surface area (Å²) in [4.78, 5) is 11.0. The highest BCUT2D eigenvalue weighted by atomic mass is 35.5. The van der Waals surface area contributed by atoms with Gasteiger partial charge in [-0.2, -0.15) is 0 Å². The Labute approximate surface area is 103 Å². The minimum Gasteiger partial charge on any atom is -0.366 e. The first kappa shape index (κ1) is 11.6. The average Bonchev–Trinajstić information content (AvgIpc) is 2.29. The molecule has 0 saturated carbocycles. The molecule has 4 heteroatoms. The molecule has 17 heavy (non-hydrogen) atoms. The first-order valence-electron chi connectivity index (χ1n) is 4.93. The van der Waals surface area contributed by atoms with Crippen LogP contribution in [0.25, 0.3) is 11.1 Å². The summed E-state index contributed by atoms with van der Waals surface area (Å²) in [6.45, 7) is 0. The third-order valence-electron chi connectivity index (χ3n) is 2.39. The monoisotopic (exact) mass is 249 g/mol. The standard InChI is InChI=1S/C13H9ClFNO/c14-10-3-1-2-8(6-10)9-4-5-12(15)11(7-9)13(16)17/h1-7H,(H2,16,17). The Hall–Kier alpha value is -1.87. The number of halogens is 2. The molecule has 0 atom stereocenters. The van der Waals surface area contributed by atoms with Crippen LogP contribution in [-0.2, 0) is 0 Å². The first-order chi connectivity index (χ1) is 8.08. The molecule has 2 rings (SSSR count). The Morgan fingerprint density at radius 3 is 2.47 bits per heavy atom. The fraction of sp³-hybridized carbons (Fsp3) is 0. The largest absolute Gasteiger partial charge is 0.366 e. The van der Waals surface area contributed by atoms with Gasteiger partial charge < -0.3 is 5.73 Å². The van der Waals surface area contributed by atoms with Gasteiger partial charge in [0.05, 0.1) is 5.56 Å². The summed E-state index contributed by atoms with van der Waals surface area (Å²) >= 11 is 5.86. The molecular weight excluding hydrogens is 241 g/mol. The van der Waals surface area contributed by atoms with Crippen LogP contribution in [0.2, 0.25) is 5.02 Å². The van der Waals surface area contributed by atoms with Gasteiger partial charge in [0.1, 0.15) is 5.82 Å². The number of hydrogen-bond acceptors (Lipinski definition) is 1. The fourth-order valence-electron chi connectivity index (χ4n) is 1.56. The molecular formula is C13H9ClFNO. The van der Waals surface area contributed by atoms with E-state index in [-0.39, 0.29) is 5.56 Å². The van der Waals surface area contributed by atoms with Crippen molar-refractivity contribution in [2.45, 2.75) is 0 Å². The zero-order valence-corrected chi connectivity index (χ0v) is 9.54.